The minimum Gasteiger partial charge on any atom is -0.345 e. The monoisotopic (exact) mass is 264 g/mol. The number of rotatable bonds is 9. The van der Waals surface area contributed by atoms with Crippen molar-refractivity contribution in [3.05, 3.63) is 17.2 Å². The highest BCUT2D eigenvalue weighted by molar-refractivity contribution is 5.22. The molecule has 0 saturated carbocycles. The highest BCUT2D eigenvalue weighted by atomic mass is 14.9. The van der Waals surface area contributed by atoms with Gasteiger partial charge in [0.15, 0.2) is 0 Å². The number of hydrogen-bond acceptors (Lipinski definition) is 1. The Morgan fingerprint density at radius 1 is 0.947 bits per heavy atom. The van der Waals surface area contributed by atoms with E-state index in [2.05, 4.69) is 39.6 Å². The van der Waals surface area contributed by atoms with Crippen LogP contribution in [0.5, 0.6) is 0 Å². The molecule has 0 radical (unpaired) electrons. The van der Waals surface area contributed by atoms with Gasteiger partial charge in [-0.25, -0.2) is 4.98 Å². The molecule has 0 aliphatic carbocycles. The molecule has 0 saturated heterocycles. The van der Waals surface area contributed by atoms with Gasteiger partial charge in [-0.1, -0.05) is 53.9 Å². The third-order valence-corrected chi connectivity index (χ3v) is 3.98. The second-order valence-electron chi connectivity index (χ2n) is 5.97. The Morgan fingerprint density at radius 3 is 2.16 bits per heavy atom. The van der Waals surface area contributed by atoms with Gasteiger partial charge >= 0.3 is 0 Å². The molecule has 2 nitrogen and oxygen atoms in total. The molecular formula is C17H32N2. The molecule has 0 amide bonds. The lowest BCUT2D eigenvalue weighted by atomic mass is 9.93. The highest BCUT2D eigenvalue weighted by Crippen LogP contribution is 2.30. The molecule has 0 spiro atoms. The summed E-state index contributed by atoms with van der Waals surface area (Å²) in [5.41, 5.74) is 2.75. The fraction of sp³-hybridized carbons (Fsp3) is 0.824. The number of aromatic amines is 1. The molecule has 0 aromatic carbocycles. The molecule has 0 fully saturated rings. The number of H-pyrrole nitrogens is 1. The molecule has 2 heteroatoms. The van der Waals surface area contributed by atoms with Gasteiger partial charge in [-0.3, -0.25) is 0 Å². The second kappa shape index (κ2) is 8.39. The molecular weight excluding hydrogens is 232 g/mol. The van der Waals surface area contributed by atoms with Crippen molar-refractivity contribution in [1.29, 1.82) is 0 Å². The minimum absolute atomic E-state index is 0.589. The first-order chi connectivity index (χ1) is 9.13. The Kier molecular flexibility index (Phi) is 7.19. The van der Waals surface area contributed by atoms with Crippen LogP contribution in [-0.4, -0.2) is 9.97 Å². The van der Waals surface area contributed by atoms with Crippen molar-refractivity contribution in [3.8, 4) is 0 Å². The first-order valence-corrected chi connectivity index (χ1v) is 8.22. The number of imidazole rings is 1. The summed E-state index contributed by atoms with van der Waals surface area (Å²) < 4.78 is 0. The van der Waals surface area contributed by atoms with Crippen molar-refractivity contribution in [2.45, 2.75) is 91.4 Å². The zero-order valence-electron chi connectivity index (χ0n) is 13.6. The lowest BCUT2D eigenvalue weighted by Crippen LogP contribution is -2.02. The summed E-state index contributed by atoms with van der Waals surface area (Å²) in [6, 6.07) is 0. The average Bonchev–Trinajstić information content (AvgIpc) is 2.81. The number of nitrogens with one attached hydrogen (secondary N) is 1. The first-order valence-electron chi connectivity index (χ1n) is 8.22. The fourth-order valence-corrected chi connectivity index (χ4v) is 2.81. The number of aryl methyl sites for hydroxylation is 1. The van der Waals surface area contributed by atoms with Crippen LogP contribution in [0.25, 0.3) is 0 Å². The van der Waals surface area contributed by atoms with E-state index in [1.807, 2.05) is 0 Å². The van der Waals surface area contributed by atoms with Crippen molar-refractivity contribution in [3.63, 3.8) is 0 Å². The molecule has 0 bridgehead atoms. The van der Waals surface area contributed by atoms with Gasteiger partial charge < -0.3 is 4.98 Å². The van der Waals surface area contributed by atoms with Crippen LogP contribution in [-0.2, 0) is 6.42 Å². The van der Waals surface area contributed by atoms with Gasteiger partial charge in [0, 0.05) is 18.0 Å². The SMILES string of the molecule is CCCCc1nc(C(C)CCC)c(C(C)CCC)[nH]1. The molecule has 110 valence electrons. The molecule has 2 atom stereocenters. The van der Waals surface area contributed by atoms with Gasteiger partial charge in [0.1, 0.15) is 5.82 Å². The van der Waals surface area contributed by atoms with Crippen molar-refractivity contribution in [2.24, 2.45) is 0 Å². The van der Waals surface area contributed by atoms with Crippen LogP contribution in [0.1, 0.15) is 102 Å². The lowest BCUT2D eigenvalue weighted by Gasteiger charge is -2.14. The Labute approximate surface area is 119 Å². The quantitative estimate of drug-likeness (QED) is 0.621. The molecule has 1 heterocycles. The zero-order chi connectivity index (χ0) is 14.3. The van der Waals surface area contributed by atoms with Crippen LogP contribution >= 0.6 is 0 Å². The summed E-state index contributed by atoms with van der Waals surface area (Å²) in [6.07, 6.45) is 8.54. The Morgan fingerprint density at radius 2 is 1.58 bits per heavy atom. The van der Waals surface area contributed by atoms with Gasteiger partial charge in [-0.05, 0) is 25.2 Å². The van der Waals surface area contributed by atoms with Crippen LogP contribution in [0, 0.1) is 0 Å². The van der Waals surface area contributed by atoms with E-state index in [-0.39, 0.29) is 0 Å². The maximum atomic E-state index is 4.91. The van der Waals surface area contributed by atoms with E-state index < -0.39 is 0 Å². The smallest absolute Gasteiger partial charge is 0.106 e. The maximum Gasteiger partial charge on any atom is 0.106 e. The molecule has 1 N–H and O–H groups in total. The molecule has 0 aliphatic heterocycles. The van der Waals surface area contributed by atoms with E-state index in [0.717, 1.165) is 6.42 Å². The molecule has 0 aliphatic rings. The van der Waals surface area contributed by atoms with Crippen LogP contribution in [0.4, 0.5) is 0 Å². The molecule has 2 unspecified atom stereocenters. The maximum absolute atomic E-state index is 4.91. The summed E-state index contributed by atoms with van der Waals surface area (Å²) in [4.78, 5) is 8.54. The average molecular weight is 264 g/mol. The largest absolute Gasteiger partial charge is 0.345 e. The van der Waals surface area contributed by atoms with Crippen LogP contribution in [0.15, 0.2) is 0 Å². The highest BCUT2D eigenvalue weighted by Gasteiger charge is 2.19. The number of nitrogens with zero attached hydrogens (tertiary/aromatic N) is 1. The Hall–Kier alpha value is -0.790. The van der Waals surface area contributed by atoms with Gasteiger partial charge in [0.25, 0.3) is 0 Å². The van der Waals surface area contributed by atoms with Crippen molar-refractivity contribution < 1.29 is 0 Å². The van der Waals surface area contributed by atoms with Crippen LogP contribution < -0.4 is 0 Å². The zero-order valence-corrected chi connectivity index (χ0v) is 13.6. The summed E-state index contributed by atoms with van der Waals surface area (Å²) >= 11 is 0. The third-order valence-electron chi connectivity index (χ3n) is 3.98. The summed E-state index contributed by atoms with van der Waals surface area (Å²) in [5, 5.41) is 0. The second-order valence-corrected chi connectivity index (χ2v) is 5.97. The Balaban J connectivity index is 2.92. The predicted octanol–water partition coefficient (Wildman–Crippen LogP) is 5.56. The van der Waals surface area contributed by atoms with Gasteiger partial charge in [0.05, 0.1) is 5.69 Å². The van der Waals surface area contributed by atoms with Gasteiger partial charge in [0.2, 0.25) is 0 Å². The first kappa shape index (κ1) is 16.3. The predicted molar refractivity (Wildman–Crippen MR) is 83.8 cm³/mol. The van der Waals surface area contributed by atoms with Crippen molar-refractivity contribution >= 4 is 0 Å². The van der Waals surface area contributed by atoms with E-state index in [1.165, 1.54) is 55.7 Å². The van der Waals surface area contributed by atoms with Crippen LogP contribution in [0.3, 0.4) is 0 Å². The topological polar surface area (TPSA) is 28.7 Å². The molecule has 19 heavy (non-hydrogen) atoms. The third kappa shape index (κ3) is 4.67. The molecule has 1 aromatic heterocycles. The number of unbranched alkanes of at least 4 members (excludes halogenated alkanes) is 1. The van der Waals surface area contributed by atoms with E-state index in [1.54, 1.807) is 0 Å². The minimum atomic E-state index is 0.589. The fourth-order valence-electron chi connectivity index (χ4n) is 2.81. The lowest BCUT2D eigenvalue weighted by molar-refractivity contribution is 0.605. The number of hydrogen-bond donors (Lipinski definition) is 1. The number of aromatic nitrogens is 2. The molecule has 1 aromatic rings. The summed E-state index contributed by atoms with van der Waals surface area (Å²) in [6.45, 7) is 11.4. The Bertz CT molecular complexity index is 325. The summed E-state index contributed by atoms with van der Waals surface area (Å²) in [7, 11) is 0. The van der Waals surface area contributed by atoms with E-state index in [9.17, 15) is 0 Å². The van der Waals surface area contributed by atoms with Crippen molar-refractivity contribution in [1.82, 2.24) is 9.97 Å². The van der Waals surface area contributed by atoms with E-state index >= 15 is 0 Å². The van der Waals surface area contributed by atoms with Crippen molar-refractivity contribution in [2.75, 3.05) is 0 Å². The normalized spacial score (nSPS) is 14.6. The standard InChI is InChI=1S/C17H32N2/c1-6-9-12-15-18-16(13(4)10-7-2)17(19-15)14(5)11-8-3/h13-14H,6-12H2,1-5H3,(H,18,19). The summed E-state index contributed by atoms with van der Waals surface area (Å²) in [5.74, 6) is 2.41. The van der Waals surface area contributed by atoms with E-state index in [0.29, 0.717) is 11.8 Å². The van der Waals surface area contributed by atoms with E-state index in [4.69, 9.17) is 4.98 Å². The molecule has 1 rings (SSSR count). The van der Waals surface area contributed by atoms with Gasteiger partial charge in [-0.15, -0.1) is 0 Å². The van der Waals surface area contributed by atoms with Gasteiger partial charge in [-0.2, -0.15) is 0 Å². The van der Waals surface area contributed by atoms with Crippen LogP contribution in [0.2, 0.25) is 0 Å².